The molecule has 3 rings (SSSR count). The lowest BCUT2D eigenvalue weighted by molar-refractivity contribution is 0.0979. The van der Waals surface area contributed by atoms with Crippen molar-refractivity contribution in [1.29, 1.82) is 0 Å². The summed E-state index contributed by atoms with van der Waals surface area (Å²) < 4.78 is 15.9. The van der Waals surface area contributed by atoms with Crippen LogP contribution in [0, 0.1) is 12.7 Å². The van der Waals surface area contributed by atoms with Gasteiger partial charge in [0, 0.05) is 23.4 Å². The van der Waals surface area contributed by atoms with Crippen LogP contribution in [0.2, 0.25) is 0 Å². The Morgan fingerprint density at radius 3 is 2.77 bits per heavy atom. The summed E-state index contributed by atoms with van der Waals surface area (Å²) in [5.41, 5.74) is -0.396. The quantitative estimate of drug-likeness (QED) is 0.736. The number of aliphatic hydroxyl groups is 1. The molecule has 1 atom stereocenters. The predicted molar refractivity (Wildman–Crippen MR) is 95.8 cm³/mol. The van der Waals surface area contributed by atoms with Crippen molar-refractivity contribution in [3.63, 3.8) is 0 Å². The minimum absolute atomic E-state index is 0.173. The molecule has 7 heteroatoms. The van der Waals surface area contributed by atoms with Gasteiger partial charge in [-0.05, 0) is 31.9 Å². The first kappa shape index (κ1) is 18.0. The zero-order valence-electron chi connectivity index (χ0n) is 15.0. The Bertz CT molecular complexity index is 991. The first-order valence-corrected chi connectivity index (χ1v) is 8.46. The molecule has 0 aliphatic heterocycles. The number of hydrogen-bond acceptors (Lipinski definition) is 4. The average Bonchev–Trinajstić information content (AvgIpc) is 3.05. The van der Waals surface area contributed by atoms with E-state index < -0.39 is 11.4 Å². The minimum Gasteiger partial charge on any atom is -0.380 e. The van der Waals surface area contributed by atoms with E-state index in [1.165, 1.54) is 29.9 Å². The highest BCUT2D eigenvalue weighted by molar-refractivity contribution is 5.37. The van der Waals surface area contributed by atoms with Crippen molar-refractivity contribution in [3.8, 4) is 5.82 Å². The van der Waals surface area contributed by atoms with Crippen LogP contribution < -0.4 is 5.56 Å². The molecule has 136 valence electrons. The second-order valence-corrected chi connectivity index (χ2v) is 6.50. The number of benzene rings is 1. The topological polar surface area (TPSA) is 83.8 Å². The largest absolute Gasteiger partial charge is 0.380 e. The van der Waals surface area contributed by atoms with Gasteiger partial charge in [-0.15, -0.1) is 0 Å². The number of aromatic nitrogens is 4. The van der Waals surface area contributed by atoms with Gasteiger partial charge < -0.3 is 10.1 Å². The molecule has 0 saturated heterocycles. The number of nitrogens with zero attached hydrogens (tertiary/aromatic N) is 3. The van der Waals surface area contributed by atoms with Crippen LogP contribution in [0.1, 0.15) is 42.8 Å². The lowest BCUT2D eigenvalue weighted by atomic mass is 9.89. The van der Waals surface area contributed by atoms with E-state index in [0.29, 0.717) is 17.2 Å². The Morgan fingerprint density at radius 2 is 2.12 bits per heavy atom. The van der Waals surface area contributed by atoms with Crippen molar-refractivity contribution < 1.29 is 9.50 Å². The molecule has 2 heterocycles. The van der Waals surface area contributed by atoms with E-state index in [4.69, 9.17) is 0 Å². The third kappa shape index (κ3) is 3.43. The van der Waals surface area contributed by atoms with Crippen LogP contribution >= 0.6 is 0 Å². The number of rotatable bonds is 5. The van der Waals surface area contributed by atoms with E-state index in [-0.39, 0.29) is 11.1 Å². The SMILES string of the molecule is CCCc1ccc(C(C)(O)c2cnn(-c3cc(=O)[nH]c(C)n3)c2)c(F)c1. The molecular weight excluding hydrogens is 335 g/mol. The van der Waals surface area contributed by atoms with Gasteiger partial charge in [0.1, 0.15) is 17.2 Å². The summed E-state index contributed by atoms with van der Waals surface area (Å²) >= 11 is 0. The Labute approximate surface area is 150 Å². The molecule has 26 heavy (non-hydrogen) atoms. The van der Waals surface area contributed by atoms with Crippen LogP contribution in [0.15, 0.2) is 41.5 Å². The number of hydrogen-bond donors (Lipinski definition) is 2. The van der Waals surface area contributed by atoms with Crippen molar-refractivity contribution in [2.24, 2.45) is 0 Å². The molecule has 0 saturated carbocycles. The van der Waals surface area contributed by atoms with E-state index >= 15 is 0 Å². The molecule has 1 aromatic carbocycles. The standard InChI is InChI=1S/C19H21FN4O2/c1-4-5-13-6-7-15(16(20)8-13)19(3,26)14-10-21-24(11-14)17-9-18(25)23-12(2)22-17/h6-11,26H,4-5H2,1-3H3,(H,22,23,25). The molecule has 0 aliphatic rings. The number of aromatic amines is 1. The third-order valence-corrected chi connectivity index (χ3v) is 4.32. The van der Waals surface area contributed by atoms with E-state index in [1.54, 1.807) is 19.2 Å². The van der Waals surface area contributed by atoms with Crippen molar-refractivity contribution in [2.75, 3.05) is 0 Å². The summed E-state index contributed by atoms with van der Waals surface area (Å²) in [5, 5.41) is 15.1. The molecule has 0 bridgehead atoms. The summed E-state index contributed by atoms with van der Waals surface area (Å²) in [4.78, 5) is 18.4. The highest BCUT2D eigenvalue weighted by Crippen LogP contribution is 2.31. The fraction of sp³-hybridized carbons (Fsp3) is 0.316. The third-order valence-electron chi connectivity index (χ3n) is 4.32. The van der Waals surface area contributed by atoms with Gasteiger partial charge >= 0.3 is 0 Å². The lowest BCUT2D eigenvalue weighted by Crippen LogP contribution is -2.24. The summed E-state index contributed by atoms with van der Waals surface area (Å²) in [6.07, 6.45) is 4.69. The maximum atomic E-state index is 14.5. The van der Waals surface area contributed by atoms with Crippen molar-refractivity contribution in [3.05, 3.63) is 75.3 Å². The van der Waals surface area contributed by atoms with Crippen molar-refractivity contribution in [2.45, 2.75) is 39.2 Å². The lowest BCUT2D eigenvalue weighted by Gasteiger charge is -2.23. The Morgan fingerprint density at radius 1 is 1.35 bits per heavy atom. The summed E-state index contributed by atoms with van der Waals surface area (Å²) in [6, 6.07) is 6.19. The van der Waals surface area contributed by atoms with Gasteiger partial charge in [-0.2, -0.15) is 5.10 Å². The van der Waals surface area contributed by atoms with Crippen LogP contribution in [-0.2, 0) is 12.0 Å². The van der Waals surface area contributed by atoms with Gasteiger partial charge in [0.25, 0.3) is 5.56 Å². The summed E-state index contributed by atoms with van der Waals surface area (Å²) in [5.74, 6) is 0.319. The van der Waals surface area contributed by atoms with Crippen LogP contribution in [0.4, 0.5) is 4.39 Å². The highest BCUT2D eigenvalue weighted by atomic mass is 19.1. The molecule has 0 amide bonds. The summed E-state index contributed by atoms with van der Waals surface area (Å²) in [6.45, 7) is 5.21. The Balaban J connectivity index is 1.98. The van der Waals surface area contributed by atoms with Crippen LogP contribution in [-0.4, -0.2) is 24.9 Å². The predicted octanol–water partition coefficient (Wildman–Crippen LogP) is 2.61. The van der Waals surface area contributed by atoms with E-state index in [9.17, 15) is 14.3 Å². The van der Waals surface area contributed by atoms with Crippen molar-refractivity contribution in [1.82, 2.24) is 19.7 Å². The molecule has 1 unspecified atom stereocenters. The van der Waals surface area contributed by atoms with E-state index in [1.807, 2.05) is 13.0 Å². The highest BCUT2D eigenvalue weighted by Gasteiger charge is 2.30. The normalized spacial score (nSPS) is 13.6. The van der Waals surface area contributed by atoms with Gasteiger partial charge in [-0.1, -0.05) is 25.5 Å². The second-order valence-electron chi connectivity index (χ2n) is 6.50. The number of H-pyrrole nitrogens is 1. The summed E-state index contributed by atoms with van der Waals surface area (Å²) in [7, 11) is 0. The van der Waals surface area contributed by atoms with Crippen molar-refractivity contribution >= 4 is 0 Å². The molecule has 0 radical (unpaired) electrons. The maximum Gasteiger partial charge on any atom is 0.253 e. The zero-order chi connectivity index (χ0) is 18.9. The Hall–Kier alpha value is -2.80. The molecule has 0 fully saturated rings. The van der Waals surface area contributed by atoms with E-state index in [2.05, 4.69) is 15.1 Å². The first-order valence-electron chi connectivity index (χ1n) is 8.46. The minimum atomic E-state index is -1.57. The molecule has 3 aromatic rings. The van der Waals surface area contributed by atoms with Crippen LogP contribution in [0.3, 0.4) is 0 Å². The number of halogens is 1. The van der Waals surface area contributed by atoms with Crippen LogP contribution in [0.25, 0.3) is 5.82 Å². The Kier molecular flexibility index (Phi) is 4.73. The fourth-order valence-corrected chi connectivity index (χ4v) is 2.93. The van der Waals surface area contributed by atoms with Gasteiger partial charge in [-0.25, -0.2) is 14.1 Å². The zero-order valence-corrected chi connectivity index (χ0v) is 15.0. The first-order chi connectivity index (χ1) is 12.3. The average molecular weight is 356 g/mol. The number of nitrogens with one attached hydrogen (secondary N) is 1. The second kappa shape index (κ2) is 6.84. The smallest absolute Gasteiger partial charge is 0.253 e. The molecule has 2 N–H and O–H groups in total. The van der Waals surface area contributed by atoms with E-state index in [0.717, 1.165) is 18.4 Å². The molecular formula is C19H21FN4O2. The van der Waals surface area contributed by atoms with Gasteiger partial charge in [0.15, 0.2) is 5.82 Å². The van der Waals surface area contributed by atoms with Gasteiger partial charge in [0.05, 0.1) is 6.20 Å². The fourth-order valence-electron chi connectivity index (χ4n) is 2.93. The molecule has 0 spiro atoms. The molecule has 0 aliphatic carbocycles. The van der Waals surface area contributed by atoms with Crippen LogP contribution in [0.5, 0.6) is 0 Å². The van der Waals surface area contributed by atoms with Gasteiger partial charge in [0.2, 0.25) is 0 Å². The van der Waals surface area contributed by atoms with Gasteiger partial charge in [-0.3, -0.25) is 4.79 Å². The maximum absolute atomic E-state index is 14.5. The number of aryl methyl sites for hydroxylation is 2. The monoisotopic (exact) mass is 356 g/mol. The molecule has 6 nitrogen and oxygen atoms in total. The molecule has 2 aromatic heterocycles.